The quantitative estimate of drug-likeness (QED) is 0.601. The Bertz CT molecular complexity index is 876. The first-order chi connectivity index (χ1) is 15.6. The Hall–Kier alpha value is -3.00. The Morgan fingerprint density at radius 2 is 1.94 bits per heavy atom. The van der Waals surface area contributed by atoms with Crippen LogP contribution in [0.15, 0.2) is 47.1 Å². The monoisotopic (exact) mass is 440 g/mol. The number of likely N-dealkylation sites (tertiary alicyclic amines) is 1. The smallest absolute Gasteiger partial charge is 0.225 e. The highest BCUT2D eigenvalue weighted by Gasteiger charge is 2.34. The van der Waals surface area contributed by atoms with Crippen LogP contribution in [0, 0.1) is 5.92 Å². The Balaban J connectivity index is 1.11. The molecule has 0 bridgehead atoms. The topological polar surface area (TPSA) is 78.3 Å². The van der Waals surface area contributed by atoms with Gasteiger partial charge in [-0.3, -0.25) is 14.5 Å². The molecule has 2 saturated heterocycles. The van der Waals surface area contributed by atoms with Crippen LogP contribution >= 0.6 is 0 Å². The van der Waals surface area contributed by atoms with Gasteiger partial charge in [0, 0.05) is 51.4 Å². The molecule has 0 radical (unpaired) electrons. The standard InChI is InChI=1S/C24H32N4O4/c1-31-21-7-5-20(6-8-21)27-13-11-26(12-14-27)10-3-9-25-24(30)19-16-23(29)28(17-19)18-22-4-2-15-32-22/h2,4-8,15,19H,3,9-14,16-18H2,1H3,(H,25,30)/t19-/m1/s1. The largest absolute Gasteiger partial charge is 0.497 e. The van der Waals surface area contributed by atoms with Gasteiger partial charge in [0.05, 0.1) is 25.8 Å². The molecule has 2 amide bonds. The molecule has 2 aromatic rings. The van der Waals surface area contributed by atoms with Crippen molar-refractivity contribution in [2.75, 3.05) is 57.8 Å². The van der Waals surface area contributed by atoms with Crippen LogP contribution in [0.1, 0.15) is 18.6 Å². The van der Waals surface area contributed by atoms with E-state index in [2.05, 4.69) is 27.2 Å². The van der Waals surface area contributed by atoms with E-state index in [1.165, 1.54) is 5.69 Å². The molecular formula is C24H32N4O4. The number of amides is 2. The number of hydrogen-bond donors (Lipinski definition) is 1. The van der Waals surface area contributed by atoms with E-state index >= 15 is 0 Å². The van der Waals surface area contributed by atoms with Crippen molar-refractivity contribution in [3.05, 3.63) is 48.4 Å². The summed E-state index contributed by atoms with van der Waals surface area (Å²) in [6, 6.07) is 11.9. The molecule has 8 nitrogen and oxygen atoms in total. The molecule has 4 rings (SSSR count). The SMILES string of the molecule is COc1ccc(N2CCN(CCCNC(=O)[C@@H]3CC(=O)N(Cc4ccco4)C3)CC2)cc1. The third-order valence-electron chi connectivity index (χ3n) is 6.27. The Kier molecular flexibility index (Phi) is 7.32. The van der Waals surface area contributed by atoms with Gasteiger partial charge in [0.1, 0.15) is 11.5 Å². The Morgan fingerprint density at radius 1 is 1.16 bits per heavy atom. The molecule has 172 valence electrons. The lowest BCUT2D eigenvalue weighted by molar-refractivity contribution is -0.129. The molecule has 32 heavy (non-hydrogen) atoms. The summed E-state index contributed by atoms with van der Waals surface area (Å²) >= 11 is 0. The van der Waals surface area contributed by atoms with E-state index < -0.39 is 0 Å². The van der Waals surface area contributed by atoms with Gasteiger partial charge in [-0.1, -0.05) is 0 Å². The molecule has 0 unspecified atom stereocenters. The van der Waals surface area contributed by atoms with Crippen molar-refractivity contribution >= 4 is 17.5 Å². The fraction of sp³-hybridized carbons (Fsp3) is 0.500. The number of furan rings is 1. The second-order valence-electron chi connectivity index (χ2n) is 8.43. The highest BCUT2D eigenvalue weighted by Crippen LogP contribution is 2.21. The van der Waals surface area contributed by atoms with E-state index in [-0.39, 0.29) is 24.2 Å². The number of anilines is 1. The van der Waals surface area contributed by atoms with Gasteiger partial charge >= 0.3 is 0 Å². The minimum absolute atomic E-state index is 0.0104. The predicted octanol–water partition coefficient (Wildman–Crippen LogP) is 1.97. The molecule has 0 spiro atoms. The maximum atomic E-state index is 12.5. The molecule has 1 N–H and O–H groups in total. The summed E-state index contributed by atoms with van der Waals surface area (Å²) in [5, 5.41) is 3.02. The van der Waals surface area contributed by atoms with Gasteiger partial charge in [-0.05, 0) is 49.4 Å². The minimum atomic E-state index is -0.273. The van der Waals surface area contributed by atoms with Gasteiger partial charge < -0.3 is 24.3 Å². The first kappa shape index (κ1) is 22.2. The lowest BCUT2D eigenvalue weighted by atomic mass is 10.1. The van der Waals surface area contributed by atoms with E-state index in [4.69, 9.17) is 9.15 Å². The van der Waals surface area contributed by atoms with Crippen LogP contribution < -0.4 is 15.0 Å². The summed E-state index contributed by atoms with van der Waals surface area (Å²) in [5.41, 5.74) is 1.23. The first-order valence-corrected chi connectivity index (χ1v) is 11.3. The van der Waals surface area contributed by atoms with Crippen LogP contribution in [0.25, 0.3) is 0 Å². The van der Waals surface area contributed by atoms with Crippen molar-refractivity contribution < 1.29 is 18.7 Å². The van der Waals surface area contributed by atoms with E-state index in [9.17, 15) is 9.59 Å². The summed E-state index contributed by atoms with van der Waals surface area (Å²) in [7, 11) is 1.68. The molecule has 0 saturated carbocycles. The molecule has 2 aliphatic rings. The molecule has 2 aliphatic heterocycles. The summed E-state index contributed by atoms with van der Waals surface area (Å²) in [6.45, 7) is 6.50. The Morgan fingerprint density at radius 3 is 2.62 bits per heavy atom. The number of hydrogen-bond acceptors (Lipinski definition) is 6. The molecule has 0 aliphatic carbocycles. The fourth-order valence-corrected chi connectivity index (χ4v) is 4.37. The Labute approximate surface area is 189 Å². The number of piperazine rings is 1. The molecule has 8 heteroatoms. The second-order valence-corrected chi connectivity index (χ2v) is 8.43. The van der Waals surface area contributed by atoms with Gasteiger partial charge in [0.15, 0.2) is 0 Å². The lowest BCUT2D eigenvalue weighted by Gasteiger charge is -2.36. The highest BCUT2D eigenvalue weighted by molar-refractivity contribution is 5.89. The summed E-state index contributed by atoms with van der Waals surface area (Å²) in [4.78, 5) is 31.2. The van der Waals surface area contributed by atoms with Gasteiger partial charge in [-0.25, -0.2) is 0 Å². The lowest BCUT2D eigenvalue weighted by Crippen LogP contribution is -2.47. The van der Waals surface area contributed by atoms with E-state index in [0.29, 0.717) is 19.6 Å². The average Bonchev–Trinajstić information content (AvgIpc) is 3.47. The molecule has 1 aromatic heterocycles. The number of carbonyl (C=O) groups is 2. The second kappa shape index (κ2) is 10.5. The summed E-state index contributed by atoms with van der Waals surface area (Å²) in [6.07, 6.45) is 2.78. The van der Waals surface area contributed by atoms with Gasteiger partial charge in [0.2, 0.25) is 11.8 Å². The number of methoxy groups -OCH3 is 1. The third-order valence-corrected chi connectivity index (χ3v) is 6.27. The van der Waals surface area contributed by atoms with Gasteiger partial charge in [-0.15, -0.1) is 0 Å². The zero-order valence-corrected chi connectivity index (χ0v) is 18.7. The minimum Gasteiger partial charge on any atom is -0.497 e. The van der Waals surface area contributed by atoms with Crippen LogP contribution in [-0.4, -0.2) is 74.5 Å². The van der Waals surface area contributed by atoms with Crippen LogP contribution in [0.4, 0.5) is 5.69 Å². The maximum absolute atomic E-state index is 12.5. The summed E-state index contributed by atoms with van der Waals surface area (Å²) in [5.74, 6) is 1.33. The van der Waals surface area contributed by atoms with Crippen LogP contribution in [0.3, 0.4) is 0 Å². The zero-order valence-electron chi connectivity index (χ0n) is 18.7. The van der Waals surface area contributed by atoms with Crippen molar-refractivity contribution in [2.24, 2.45) is 5.92 Å². The van der Waals surface area contributed by atoms with Crippen LogP contribution in [0.5, 0.6) is 5.75 Å². The fourth-order valence-electron chi connectivity index (χ4n) is 4.37. The first-order valence-electron chi connectivity index (χ1n) is 11.3. The maximum Gasteiger partial charge on any atom is 0.225 e. The normalized spacial score (nSPS) is 19.4. The van der Waals surface area contributed by atoms with Crippen molar-refractivity contribution in [1.29, 1.82) is 0 Å². The number of carbonyl (C=O) groups excluding carboxylic acids is 2. The molecule has 1 atom stereocenters. The van der Waals surface area contributed by atoms with E-state index in [0.717, 1.165) is 50.7 Å². The van der Waals surface area contributed by atoms with Crippen LogP contribution in [-0.2, 0) is 16.1 Å². The van der Waals surface area contributed by atoms with Crippen molar-refractivity contribution in [3.8, 4) is 5.75 Å². The van der Waals surface area contributed by atoms with Gasteiger partial charge in [-0.2, -0.15) is 0 Å². The number of nitrogens with one attached hydrogen (secondary N) is 1. The van der Waals surface area contributed by atoms with Crippen molar-refractivity contribution in [2.45, 2.75) is 19.4 Å². The molecule has 2 fully saturated rings. The number of rotatable bonds is 9. The van der Waals surface area contributed by atoms with Crippen molar-refractivity contribution in [3.63, 3.8) is 0 Å². The molecule has 1 aromatic carbocycles. The highest BCUT2D eigenvalue weighted by atomic mass is 16.5. The van der Waals surface area contributed by atoms with Crippen LogP contribution in [0.2, 0.25) is 0 Å². The zero-order chi connectivity index (χ0) is 22.3. The van der Waals surface area contributed by atoms with Gasteiger partial charge in [0.25, 0.3) is 0 Å². The number of nitrogens with zero attached hydrogens (tertiary/aromatic N) is 3. The number of benzene rings is 1. The summed E-state index contributed by atoms with van der Waals surface area (Å²) < 4.78 is 10.5. The predicted molar refractivity (Wildman–Crippen MR) is 122 cm³/mol. The molecular weight excluding hydrogens is 408 g/mol. The van der Waals surface area contributed by atoms with E-state index in [1.807, 2.05) is 18.2 Å². The molecule has 3 heterocycles. The van der Waals surface area contributed by atoms with E-state index in [1.54, 1.807) is 24.3 Å². The third kappa shape index (κ3) is 5.62. The van der Waals surface area contributed by atoms with Crippen molar-refractivity contribution in [1.82, 2.24) is 15.1 Å². The average molecular weight is 441 g/mol. The number of ether oxygens (including phenoxy) is 1.